The maximum Gasteiger partial charge on any atom is 0.0798 e. The van der Waals surface area contributed by atoms with Crippen molar-refractivity contribution in [3.63, 3.8) is 0 Å². The van der Waals surface area contributed by atoms with Gasteiger partial charge in [0.25, 0.3) is 0 Å². The zero-order chi connectivity index (χ0) is 11.4. The zero-order valence-electron chi connectivity index (χ0n) is 9.82. The van der Waals surface area contributed by atoms with Gasteiger partial charge in [0.1, 0.15) is 0 Å². The van der Waals surface area contributed by atoms with Gasteiger partial charge in [-0.2, -0.15) is 0 Å². The van der Waals surface area contributed by atoms with Gasteiger partial charge in [0, 0.05) is 0 Å². The molecule has 2 atom stereocenters. The largest absolute Gasteiger partial charge is 0.388 e. The molecule has 1 nitrogen and oxygen atoms in total. The smallest absolute Gasteiger partial charge is 0.0798 e. The minimum absolute atomic E-state index is 0.231. The van der Waals surface area contributed by atoms with Crippen molar-refractivity contribution in [2.75, 3.05) is 0 Å². The number of rotatable bonds is 0. The highest BCUT2D eigenvalue weighted by atomic mass is 16.3. The number of aliphatic hydroxyl groups excluding tert-OH is 1. The van der Waals surface area contributed by atoms with E-state index in [2.05, 4.69) is 30.3 Å². The average Bonchev–Trinajstić information content (AvgIpc) is 2.55. The molecule has 1 heteroatoms. The number of hydrogen-bond donors (Lipinski definition) is 1. The second-order valence-electron chi connectivity index (χ2n) is 5.42. The number of hydrogen-bond acceptors (Lipinski definition) is 1. The van der Waals surface area contributed by atoms with Gasteiger partial charge in [-0.3, -0.25) is 0 Å². The van der Waals surface area contributed by atoms with Crippen LogP contribution >= 0.6 is 0 Å². The summed E-state index contributed by atoms with van der Waals surface area (Å²) in [4.78, 5) is 0. The predicted octanol–water partition coefficient (Wildman–Crippen LogP) is 3.70. The number of aliphatic hydroxyl groups is 1. The highest BCUT2D eigenvalue weighted by Gasteiger charge is 2.32. The van der Waals surface area contributed by atoms with Gasteiger partial charge in [-0.1, -0.05) is 30.3 Å². The van der Waals surface area contributed by atoms with E-state index in [9.17, 15) is 5.11 Å². The molecular formula is C16H16O. The predicted molar refractivity (Wildman–Crippen MR) is 69.2 cm³/mol. The second-order valence-corrected chi connectivity index (χ2v) is 5.42. The first-order chi connectivity index (χ1) is 8.34. The first kappa shape index (κ1) is 9.67. The van der Waals surface area contributed by atoms with Crippen molar-refractivity contribution in [2.45, 2.75) is 37.7 Å². The van der Waals surface area contributed by atoms with Crippen molar-refractivity contribution in [1.29, 1.82) is 0 Å². The molecule has 0 spiro atoms. The van der Waals surface area contributed by atoms with E-state index in [0.717, 1.165) is 6.42 Å². The molecule has 0 radical (unpaired) electrons. The minimum Gasteiger partial charge on any atom is -0.388 e. The van der Waals surface area contributed by atoms with Crippen molar-refractivity contribution >= 4 is 10.8 Å². The molecule has 2 aromatic carbocycles. The summed E-state index contributed by atoms with van der Waals surface area (Å²) in [6, 6.07) is 10.9. The molecule has 2 aliphatic rings. The number of benzene rings is 2. The van der Waals surface area contributed by atoms with Crippen LogP contribution in [-0.2, 0) is 6.42 Å². The Labute approximate surface area is 101 Å². The van der Waals surface area contributed by atoms with Crippen LogP contribution in [0.5, 0.6) is 0 Å². The standard InChI is InChI=1S/C16H16O/c17-14-9-12-6-2-4-10-3-1-5-11-7-8-13(14)16(12)15(10)11/h1,3,5,7-8,12,14,17H,2,4,6,9H2. The second kappa shape index (κ2) is 3.33. The molecule has 0 bridgehead atoms. The van der Waals surface area contributed by atoms with Crippen LogP contribution in [0.1, 0.15) is 48.0 Å². The summed E-state index contributed by atoms with van der Waals surface area (Å²) in [5.74, 6) is 0.590. The molecule has 0 amide bonds. The van der Waals surface area contributed by atoms with Crippen LogP contribution in [0.4, 0.5) is 0 Å². The van der Waals surface area contributed by atoms with Gasteiger partial charge in [0.15, 0.2) is 0 Å². The molecule has 2 unspecified atom stereocenters. The molecular weight excluding hydrogens is 208 g/mol. The molecule has 0 fully saturated rings. The highest BCUT2D eigenvalue weighted by molar-refractivity contribution is 5.91. The van der Waals surface area contributed by atoms with Crippen molar-refractivity contribution in [2.24, 2.45) is 0 Å². The van der Waals surface area contributed by atoms with Crippen LogP contribution in [-0.4, -0.2) is 5.11 Å². The lowest BCUT2D eigenvalue weighted by molar-refractivity contribution is 0.171. The quantitative estimate of drug-likeness (QED) is 0.723. The topological polar surface area (TPSA) is 20.2 Å². The Bertz CT molecular complexity index is 600. The summed E-state index contributed by atoms with van der Waals surface area (Å²) >= 11 is 0. The van der Waals surface area contributed by atoms with Gasteiger partial charge < -0.3 is 5.11 Å². The monoisotopic (exact) mass is 224 g/mol. The molecule has 4 rings (SSSR count). The number of aryl methyl sites for hydroxylation is 1. The van der Waals surface area contributed by atoms with Crippen LogP contribution in [0.25, 0.3) is 10.8 Å². The summed E-state index contributed by atoms with van der Waals surface area (Å²) in [7, 11) is 0. The molecule has 2 aromatic rings. The molecule has 86 valence electrons. The first-order valence-corrected chi connectivity index (χ1v) is 6.57. The Morgan fingerprint density at radius 2 is 2.06 bits per heavy atom. The van der Waals surface area contributed by atoms with Crippen molar-refractivity contribution in [3.8, 4) is 0 Å². The van der Waals surface area contributed by atoms with E-state index in [1.165, 1.54) is 46.7 Å². The Morgan fingerprint density at radius 1 is 1.12 bits per heavy atom. The summed E-state index contributed by atoms with van der Waals surface area (Å²) in [6.45, 7) is 0. The SMILES string of the molecule is OC1CC2CCCc3cccc4ccc1c2c34. The van der Waals surface area contributed by atoms with Gasteiger partial charge in [-0.15, -0.1) is 0 Å². The molecule has 17 heavy (non-hydrogen) atoms. The van der Waals surface area contributed by atoms with Crippen LogP contribution in [0.2, 0.25) is 0 Å². The maximum absolute atomic E-state index is 10.2. The summed E-state index contributed by atoms with van der Waals surface area (Å²) in [5.41, 5.74) is 4.14. The van der Waals surface area contributed by atoms with Crippen LogP contribution in [0.15, 0.2) is 30.3 Å². The molecule has 0 saturated heterocycles. The highest BCUT2D eigenvalue weighted by Crippen LogP contribution is 2.48. The minimum atomic E-state index is -0.231. The van der Waals surface area contributed by atoms with E-state index in [1.807, 2.05) is 0 Å². The molecule has 1 N–H and O–H groups in total. The maximum atomic E-state index is 10.2. The van der Waals surface area contributed by atoms with Gasteiger partial charge >= 0.3 is 0 Å². The molecule has 0 aromatic heterocycles. The lowest BCUT2D eigenvalue weighted by Crippen LogP contribution is -1.92. The third-order valence-electron chi connectivity index (χ3n) is 4.48. The molecule has 0 saturated carbocycles. The van der Waals surface area contributed by atoms with Crippen molar-refractivity contribution in [1.82, 2.24) is 0 Å². The van der Waals surface area contributed by atoms with E-state index in [1.54, 1.807) is 0 Å². The van der Waals surface area contributed by atoms with E-state index in [4.69, 9.17) is 0 Å². The lowest BCUT2D eigenvalue weighted by Gasteiger charge is -2.11. The van der Waals surface area contributed by atoms with Crippen molar-refractivity contribution in [3.05, 3.63) is 47.0 Å². The molecule has 2 aliphatic carbocycles. The van der Waals surface area contributed by atoms with E-state index in [0.29, 0.717) is 5.92 Å². The van der Waals surface area contributed by atoms with Gasteiger partial charge in [0.05, 0.1) is 6.10 Å². The normalized spacial score (nSPS) is 26.2. The average molecular weight is 224 g/mol. The van der Waals surface area contributed by atoms with Gasteiger partial charge in [0.2, 0.25) is 0 Å². The Kier molecular flexibility index (Phi) is 1.89. The lowest BCUT2D eigenvalue weighted by atomic mass is 9.93. The van der Waals surface area contributed by atoms with Crippen LogP contribution in [0, 0.1) is 0 Å². The molecule has 0 heterocycles. The Balaban J connectivity index is 2.16. The fourth-order valence-corrected chi connectivity index (χ4v) is 3.76. The third kappa shape index (κ3) is 1.23. The van der Waals surface area contributed by atoms with Crippen LogP contribution in [0.3, 0.4) is 0 Å². The van der Waals surface area contributed by atoms with Gasteiger partial charge in [-0.25, -0.2) is 0 Å². The molecule has 0 aliphatic heterocycles. The van der Waals surface area contributed by atoms with E-state index in [-0.39, 0.29) is 6.10 Å². The van der Waals surface area contributed by atoms with E-state index < -0.39 is 0 Å². The third-order valence-corrected chi connectivity index (χ3v) is 4.48. The fourth-order valence-electron chi connectivity index (χ4n) is 3.76. The zero-order valence-corrected chi connectivity index (χ0v) is 9.82. The van der Waals surface area contributed by atoms with Gasteiger partial charge in [-0.05, 0) is 59.1 Å². The van der Waals surface area contributed by atoms with Crippen molar-refractivity contribution < 1.29 is 5.11 Å². The summed E-state index contributed by atoms with van der Waals surface area (Å²) < 4.78 is 0. The Hall–Kier alpha value is -1.34. The first-order valence-electron chi connectivity index (χ1n) is 6.57. The summed E-state index contributed by atoms with van der Waals surface area (Å²) in [5, 5.41) is 13.0. The Morgan fingerprint density at radius 3 is 3.00 bits per heavy atom. The summed E-state index contributed by atoms with van der Waals surface area (Å²) in [6.07, 6.45) is 4.39. The van der Waals surface area contributed by atoms with Crippen LogP contribution < -0.4 is 0 Å². The fraction of sp³-hybridized carbons (Fsp3) is 0.375. The van der Waals surface area contributed by atoms with E-state index >= 15 is 0 Å².